The van der Waals surface area contributed by atoms with E-state index in [9.17, 15) is 15.0 Å². The van der Waals surface area contributed by atoms with Gasteiger partial charge in [-0.05, 0) is 30.3 Å². The third-order valence-corrected chi connectivity index (χ3v) is 2.22. The highest BCUT2D eigenvalue weighted by Crippen LogP contribution is 2.32. The van der Waals surface area contributed by atoms with Crippen LogP contribution in [-0.4, -0.2) is 21.3 Å². The van der Waals surface area contributed by atoms with Crippen molar-refractivity contribution in [3.8, 4) is 11.5 Å². The third-order valence-electron chi connectivity index (χ3n) is 2.22. The monoisotopic (exact) mass is 204 g/mol. The number of fused-ring (bicyclic) bond motifs is 1. The minimum Gasteiger partial charge on any atom is -0.507 e. The number of benzene rings is 2. The lowest BCUT2D eigenvalue weighted by atomic mass is 10.1. The Balaban J connectivity index is 2.81. The van der Waals surface area contributed by atoms with Crippen LogP contribution < -0.4 is 0 Å². The van der Waals surface area contributed by atoms with Gasteiger partial charge in [-0.25, -0.2) is 4.79 Å². The number of carboxylic acids is 1. The summed E-state index contributed by atoms with van der Waals surface area (Å²) in [6.45, 7) is 0. The maximum atomic E-state index is 10.7. The molecule has 15 heavy (non-hydrogen) atoms. The van der Waals surface area contributed by atoms with Crippen molar-refractivity contribution in [2.24, 2.45) is 0 Å². The number of rotatable bonds is 1. The summed E-state index contributed by atoms with van der Waals surface area (Å²) in [5.41, 5.74) is 0.0726. The molecule has 0 fully saturated rings. The predicted octanol–water partition coefficient (Wildman–Crippen LogP) is 1.95. The molecule has 0 spiro atoms. The molecular formula is C11H8O4. The standard InChI is InChI=1S/C11H8O4/c12-9-3-4-10(13)8-5-6(11(14)15)1-2-7(8)9/h1-5,12-13H,(H,14,15). The zero-order valence-corrected chi connectivity index (χ0v) is 7.64. The summed E-state index contributed by atoms with van der Waals surface area (Å²) in [4.78, 5) is 10.7. The third kappa shape index (κ3) is 1.46. The largest absolute Gasteiger partial charge is 0.507 e. The highest BCUT2D eigenvalue weighted by molar-refractivity contribution is 5.98. The second-order valence-corrected chi connectivity index (χ2v) is 3.17. The van der Waals surface area contributed by atoms with E-state index < -0.39 is 5.97 Å². The van der Waals surface area contributed by atoms with Crippen LogP contribution in [0.4, 0.5) is 0 Å². The average molecular weight is 204 g/mol. The maximum Gasteiger partial charge on any atom is 0.335 e. The maximum absolute atomic E-state index is 10.7. The van der Waals surface area contributed by atoms with Crippen molar-refractivity contribution < 1.29 is 20.1 Å². The van der Waals surface area contributed by atoms with E-state index in [1.165, 1.54) is 30.3 Å². The Morgan fingerprint density at radius 3 is 2.13 bits per heavy atom. The van der Waals surface area contributed by atoms with Crippen LogP contribution in [0.1, 0.15) is 10.4 Å². The predicted molar refractivity (Wildman–Crippen MR) is 54.2 cm³/mol. The SMILES string of the molecule is O=C(O)c1ccc2c(O)ccc(O)c2c1. The summed E-state index contributed by atoms with van der Waals surface area (Å²) in [6.07, 6.45) is 0. The fourth-order valence-electron chi connectivity index (χ4n) is 1.45. The molecule has 0 saturated heterocycles. The summed E-state index contributed by atoms with van der Waals surface area (Å²) in [7, 11) is 0. The highest BCUT2D eigenvalue weighted by Gasteiger charge is 2.08. The molecule has 0 bridgehead atoms. The number of carbonyl (C=O) groups is 1. The molecule has 2 aromatic rings. The smallest absolute Gasteiger partial charge is 0.335 e. The lowest BCUT2D eigenvalue weighted by Gasteiger charge is -2.04. The van der Waals surface area contributed by atoms with Crippen molar-refractivity contribution in [2.75, 3.05) is 0 Å². The summed E-state index contributed by atoms with van der Waals surface area (Å²) < 4.78 is 0. The summed E-state index contributed by atoms with van der Waals surface area (Å²) in [5.74, 6) is -1.11. The average Bonchev–Trinajstić information content (AvgIpc) is 2.23. The lowest BCUT2D eigenvalue weighted by Crippen LogP contribution is -1.95. The Morgan fingerprint density at radius 1 is 0.933 bits per heavy atom. The Morgan fingerprint density at radius 2 is 1.53 bits per heavy atom. The van der Waals surface area contributed by atoms with E-state index >= 15 is 0 Å². The van der Waals surface area contributed by atoms with Gasteiger partial charge in [-0.2, -0.15) is 0 Å². The van der Waals surface area contributed by atoms with Gasteiger partial charge in [0.25, 0.3) is 0 Å². The summed E-state index contributed by atoms with van der Waals surface area (Å²) in [5, 5.41) is 28.5. The van der Waals surface area contributed by atoms with Gasteiger partial charge in [0.1, 0.15) is 11.5 Å². The molecule has 4 heteroatoms. The number of phenols is 2. The van der Waals surface area contributed by atoms with Gasteiger partial charge < -0.3 is 15.3 Å². The Hall–Kier alpha value is -2.23. The first-order valence-electron chi connectivity index (χ1n) is 4.27. The van der Waals surface area contributed by atoms with Crippen molar-refractivity contribution in [3.63, 3.8) is 0 Å². The second kappa shape index (κ2) is 3.16. The zero-order valence-electron chi connectivity index (χ0n) is 7.64. The van der Waals surface area contributed by atoms with Crippen LogP contribution in [0.3, 0.4) is 0 Å². The first-order valence-corrected chi connectivity index (χ1v) is 4.27. The fourth-order valence-corrected chi connectivity index (χ4v) is 1.45. The van der Waals surface area contributed by atoms with E-state index in [0.717, 1.165) is 0 Å². The van der Waals surface area contributed by atoms with E-state index in [4.69, 9.17) is 5.11 Å². The van der Waals surface area contributed by atoms with Gasteiger partial charge in [0.15, 0.2) is 0 Å². The molecular weight excluding hydrogens is 196 g/mol. The van der Waals surface area contributed by atoms with Crippen molar-refractivity contribution in [1.82, 2.24) is 0 Å². The van der Waals surface area contributed by atoms with Gasteiger partial charge >= 0.3 is 5.97 Å². The number of carboxylic acid groups (broad SMARTS) is 1. The lowest BCUT2D eigenvalue weighted by molar-refractivity contribution is 0.0697. The molecule has 2 rings (SSSR count). The molecule has 0 aliphatic rings. The van der Waals surface area contributed by atoms with E-state index in [2.05, 4.69) is 0 Å². The van der Waals surface area contributed by atoms with Crippen molar-refractivity contribution in [2.45, 2.75) is 0 Å². The van der Waals surface area contributed by atoms with Crippen LogP contribution in [0, 0.1) is 0 Å². The molecule has 0 radical (unpaired) electrons. The van der Waals surface area contributed by atoms with Crippen LogP contribution in [0.25, 0.3) is 10.8 Å². The van der Waals surface area contributed by atoms with Gasteiger partial charge in [0.2, 0.25) is 0 Å². The van der Waals surface area contributed by atoms with Crippen LogP contribution in [-0.2, 0) is 0 Å². The van der Waals surface area contributed by atoms with Crippen LogP contribution in [0.15, 0.2) is 30.3 Å². The minimum atomic E-state index is -1.07. The Labute approximate surface area is 85.0 Å². The van der Waals surface area contributed by atoms with Gasteiger partial charge in [-0.3, -0.25) is 0 Å². The fraction of sp³-hybridized carbons (Fsp3) is 0. The topological polar surface area (TPSA) is 77.8 Å². The summed E-state index contributed by atoms with van der Waals surface area (Å²) in [6, 6.07) is 6.85. The van der Waals surface area contributed by atoms with Crippen molar-refractivity contribution >= 4 is 16.7 Å². The number of hydrogen-bond acceptors (Lipinski definition) is 3. The van der Waals surface area contributed by atoms with E-state index in [-0.39, 0.29) is 17.1 Å². The van der Waals surface area contributed by atoms with Gasteiger partial charge in [0.05, 0.1) is 5.56 Å². The van der Waals surface area contributed by atoms with E-state index in [0.29, 0.717) is 10.8 Å². The first kappa shape index (κ1) is 9.33. The number of phenolic OH excluding ortho intramolecular Hbond substituents is 2. The van der Waals surface area contributed by atoms with Gasteiger partial charge in [-0.1, -0.05) is 0 Å². The molecule has 0 atom stereocenters. The summed E-state index contributed by atoms with van der Waals surface area (Å²) >= 11 is 0. The Bertz CT molecular complexity index is 546. The molecule has 0 unspecified atom stereocenters. The van der Waals surface area contributed by atoms with E-state index in [1.807, 2.05) is 0 Å². The molecule has 76 valence electrons. The molecule has 3 N–H and O–H groups in total. The molecule has 0 amide bonds. The van der Waals surface area contributed by atoms with E-state index in [1.54, 1.807) is 0 Å². The van der Waals surface area contributed by atoms with Gasteiger partial charge in [0, 0.05) is 10.8 Å². The number of aromatic carboxylic acids is 1. The zero-order chi connectivity index (χ0) is 11.0. The van der Waals surface area contributed by atoms with Crippen molar-refractivity contribution in [1.29, 1.82) is 0 Å². The second-order valence-electron chi connectivity index (χ2n) is 3.17. The highest BCUT2D eigenvalue weighted by atomic mass is 16.4. The molecule has 2 aromatic carbocycles. The molecule has 0 heterocycles. The molecule has 0 aliphatic carbocycles. The van der Waals surface area contributed by atoms with Crippen LogP contribution in [0.5, 0.6) is 11.5 Å². The van der Waals surface area contributed by atoms with Crippen LogP contribution in [0.2, 0.25) is 0 Å². The molecule has 0 aromatic heterocycles. The van der Waals surface area contributed by atoms with Crippen molar-refractivity contribution in [3.05, 3.63) is 35.9 Å². The quantitative estimate of drug-likeness (QED) is 0.620. The normalized spacial score (nSPS) is 10.4. The molecule has 0 saturated carbocycles. The molecule has 0 aliphatic heterocycles. The van der Waals surface area contributed by atoms with Gasteiger partial charge in [-0.15, -0.1) is 0 Å². The molecule has 4 nitrogen and oxygen atoms in total. The number of hydrogen-bond donors (Lipinski definition) is 3. The Kier molecular flexibility index (Phi) is 1.97. The first-order chi connectivity index (χ1) is 7.09. The van der Waals surface area contributed by atoms with Crippen LogP contribution >= 0.6 is 0 Å². The minimum absolute atomic E-state index is 0.0136. The number of aromatic hydroxyl groups is 2.